The van der Waals surface area contributed by atoms with Crippen LogP contribution in [-0.4, -0.2) is 64.5 Å². The highest BCUT2D eigenvalue weighted by Gasteiger charge is 2.72. The average molecular weight is 518 g/mol. The topological polar surface area (TPSA) is 158 Å². The van der Waals surface area contributed by atoms with Crippen LogP contribution in [0, 0.1) is 11.8 Å². The van der Waals surface area contributed by atoms with Crippen molar-refractivity contribution in [2.24, 2.45) is 17.6 Å². The highest BCUT2D eigenvalue weighted by molar-refractivity contribution is 5.76. The fraction of sp³-hybridized carbons (Fsp3) is 0.630. The van der Waals surface area contributed by atoms with Crippen molar-refractivity contribution in [2.45, 2.75) is 87.9 Å². The summed E-state index contributed by atoms with van der Waals surface area (Å²) in [5.74, 6) is 0.0334. The van der Waals surface area contributed by atoms with Crippen molar-refractivity contribution in [3.05, 3.63) is 35.1 Å². The SMILES string of the molecule is COc1ccc2c3c1O[C@H]1C(OC(=O)[C@H](C)OC(O)[C@@H](N)CCC(=O)O)=CC[C@@]4(O)[C@@H](C2)C(C)CC[C@]314. The molecule has 1 heterocycles. The maximum Gasteiger partial charge on any atom is 0.340 e. The van der Waals surface area contributed by atoms with Gasteiger partial charge in [0.05, 0.1) is 24.2 Å². The summed E-state index contributed by atoms with van der Waals surface area (Å²) in [4.78, 5) is 23.8. The molecule has 5 rings (SSSR count). The molecule has 3 aliphatic carbocycles. The summed E-state index contributed by atoms with van der Waals surface area (Å²) in [6.07, 6.45) is 0.705. The van der Waals surface area contributed by atoms with Gasteiger partial charge in [0.25, 0.3) is 0 Å². The van der Waals surface area contributed by atoms with Crippen LogP contribution in [-0.2, 0) is 30.9 Å². The smallest absolute Gasteiger partial charge is 0.340 e. The largest absolute Gasteiger partial charge is 0.493 e. The Morgan fingerprint density at radius 3 is 2.78 bits per heavy atom. The van der Waals surface area contributed by atoms with E-state index in [9.17, 15) is 19.8 Å². The van der Waals surface area contributed by atoms with E-state index < -0.39 is 47.5 Å². The first-order chi connectivity index (χ1) is 17.5. The molecule has 1 aromatic rings. The highest BCUT2D eigenvalue weighted by Crippen LogP contribution is 2.68. The summed E-state index contributed by atoms with van der Waals surface area (Å²) >= 11 is 0. The van der Waals surface area contributed by atoms with Crippen LogP contribution < -0.4 is 15.2 Å². The normalized spacial score (nSPS) is 33.4. The van der Waals surface area contributed by atoms with E-state index in [2.05, 4.69) is 6.92 Å². The molecule has 10 heteroatoms. The Morgan fingerprint density at radius 1 is 1.32 bits per heavy atom. The molecule has 0 amide bonds. The quantitative estimate of drug-likeness (QED) is 0.281. The first kappa shape index (κ1) is 26.0. The number of carboxylic acid groups (broad SMARTS) is 1. The average Bonchev–Trinajstić information content (AvgIpc) is 3.21. The lowest BCUT2D eigenvalue weighted by Gasteiger charge is -2.61. The van der Waals surface area contributed by atoms with Gasteiger partial charge in [0.1, 0.15) is 5.76 Å². The zero-order chi connectivity index (χ0) is 26.7. The number of carbonyl (C=O) groups excluding carboxylic acids is 1. The van der Waals surface area contributed by atoms with E-state index in [1.165, 1.54) is 6.92 Å². The van der Waals surface area contributed by atoms with Crippen LogP contribution in [0.1, 0.15) is 57.1 Å². The molecule has 1 aliphatic heterocycles. The van der Waals surface area contributed by atoms with Crippen LogP contribution in [0.25, 0.3) is 0 Å². The lowest BCUT2D eigenvalue weighted by Crippen LogP contribution is -2.69. The molecule has 8 atom stereocenters. The summed E-state index contributed by atoms with van der Waals surface area (Å²) in [5.41, 5.74) is 6.06. The van der Waals surface area contributed by atoms with Crippen molar-refractivity contribution < 1.29 is 43.9 Å². The van der Waals surface area contributed by atoms with Crippen LogP contribution >= 0.6 is 0 Å². The Bertz CT molecular complexity index is 1140. The third-order valence-corrected chi connectivity index (χ3v) is 8.89. The van der Waals surface area contributed by atoms with Crippen LogP contribution in [0.5, 0.6) is 11.5 Å². The van der Waals surface area contributed by atoms with Crippen molar-refractivity contribution in [3.63, 3.8) is 0 Å². The fourth-order valence-electron chi connectivity index (χ4n) is 6.96. The monoisotopic (exact) mass is 517 g/mol. The van der Waals surface area contributed by atoms with E-state index in [0.717, 1.165) is 24.0 Å². The number of rotatable bonds is 9. The van der Waals surface area contributed by atoms with Gasteiger partial charge in [-0.1, -0.05) is 13.0 Å². The minimum Gasteiger partial charge on any atom is -0.493 e. The van der Waals surface area contributed by atoms with Crippen LogP contribution in [0.15, 0.2) is 24.0 Å². The molecule has 4 aliphatic rings. The molecule has 0 radical (unpaired) electrons. The van der Waals surface area contributed by atoms with E-state index in [1.54, 1.807) is 13.2 Å². The van der Waals surface area contributed by atoms with Gasteiger partial charge >= 0.3 is 11.9 Å². The van der Waals surface area contributed by atoms with E-state index >= 15 is 0 Å². The van der Waals surface area contributed by atoms with Crippen molar-refractivity contribution in [1.29, 1.82) is 0 Å². The minimum absolute atomic E-state index is 0.0115. The first-order valence-electron chi connectivity index (χ1n) is 12.9. The van der Waals surface area contributed by atoms with Gasteiger partial charge in [-0.2, -0.15) is 0 Å². The summed E-state index contributed by atoms with van der Waals surface area (Å²) < 4.78 is 23.2. The number of hydrogen-bond donors (Lipinski definition) is 4. The number of ether oxygens (including phenoxy) is 4. The fourth-order valence-corrected chi connectivity index (χ4v) is 6.96. The molecule has 1 aromatic carbocycles. The van der Waals surface area contributed by atoms with Crippen molar-refractivity contribution in [1.82, 2.24) is 0 Å². The molecule has 1 fully saturated rings. The third-order valence-electron chi connectivity index (χ3n) is 8.89. The molecule has 1 spiro atoms. The molecule has 37 heavy (non-hydrogen) atoms. The van der Waals surface area contributed by atoms with E-state index in [0.29, 0.717) is 36.0 Å². The predicted molar refractivity (Wildman–Crippen MR) is 130 cm³/mol. The van der Waals surface area contributed by atoms with E-state index in [4.69, 9.17) is 29.8 Å². The summed E-state index contributed by atoms with van der Waals surface area (Å²) in [6, 6.07) is 2.95. The summed E-state index contributed by atoms with van der Waals surface area (Å²) in [5, 5.41) is 31.3. The van der Waals surface area contributed by atoms with Gasteiger partial charge in [-0.3, -0.25) is 4.79 Å². The molecule has 5 N–H and O–H groups in total. The predicted octanol–water partition coefficient (Wildman–Crippen LogP) is 1.77. The number of aliphatic hydroxyl groups excluding tert-OH is 1. The number of esters is 1. The Labute approximate surface area is 215 Å². The standard InChI is InChI=1S/C27H35NO9/c1-13-8-10-26-21-15-4-6-18(34-3)22(21)37-23(26)19(9-11-27(26,33)16(13)12-15)36-24(31)14(2)35-25(32)17(28)5-7-20(29)30/h4,6,9,13-14,16-17,23,25,32-33H,5,7-8,10-12,28H2,1-3H3,(H,29,30)/t13?,14-,16-,17-,23-,25?,26-,27+/m0/s1. The number of aliphatic hydroxyl groups is 2. The summed E-state index contributed by atoms with van der Waals surface area (Å²) in [7, 11) is 1.57. The number of aliphatic carboxylic acids is 1. The summed E-state index contributed by atoms with van der Waals surface area (Å²) in [6.45, 7) is 3.61. The minimum atomic E-state index is -1.54. The Morgan fingerprint density at radius 2 is 2.08 bits per heavy atom. The number of carboxylic acids is 1. The zero-order valence-corrected chi connectivity index (χ0v) is 21.3. The van der Waals surface area contributed by atoms with Crippen molar-refractivity contribution in [3.8, 4) is 11.5 Å². The third kappa shape index (κ3) is 3.84. The van der Waals surface area contributed by atoms with Crippen LogP contribution in [0.2, 0.25) is 0 Å². The van der Waals surface area contributed by atoms with Gasteiger partial charge in [0, 0.05) is 12.0 Å². The van der Waals surface area contributed by atoms with Crippen LogP contribution in [0.4, 0.5) is 0 Å². The first-order valence-corrected chi connectivity index (χ1v) is 12.9. The second-order valence-electron chi connectivity index (χ2n) is 10.8. The number of hydrogen-bond acceptors (Lipinski definition) is 9. The zero-order valence-electron chi connectivity index (χ0n) is 21.3. The number of benzene rings is 1. The molecular formula is C27H35NO9. The lowest BCUT2D eigenvalue weighted by molar-refractivity contribution is -0.186. The van der Waals surface area contributed by atoms with Gasteiger partial charge in [-0.05, 0) is 68.6 Å². The number of carbonyl (C=O) groups is 2. The molecule has 2 unspecified atom stereocenters. The van der Waals surface area contributed by atoms with Crippen molar-refractivity contribution >= 4 is 11.9 Å². The Balaban J connectivity index is 1.41. The van der Waals surface area contributed by atoms with Gasteiger partial charge < -0.3 is 40.0 Å². The highest BCUT2D eigenvalue weighted by atomic mass is 16.6. The second kappa shape index (κ2) is 9.27. The van der Waals surface area contributed by atoms with Crippen molar-refractivity contribution in [2.75, 3.05) is 7.11 Å². The molecule has 0 aromatic heterocycles. The van der Waals surface area contributed by atoms with Crippen LogP contribution in [0.3, 0.4) is 0 Å². The molecule has 2 bridgehead atoms. The lowest BCUT2D eigenvalue weighted by atomic mass is 9.45. The second-order valence-corrected chi connectivity index (χ2v) is 10.8. The van der Waals surface area contributed by atoms with Gasteiger partial charge in [0.15, 0.2) is 30.0 Å². The molecule has 202 valence electrons. The number of nitrogens with two attached hydrogens (primary N) is 1. The Hall–Kier alpha value is -2.66. The molecule has 10 nitrogen and oxygen atoms in total. The Kier molecular flexibility index (Phi) is 6.50. The van der Waals surface area contributed by atoms with Gasteiger partial charge in [0.2, 0.25) is 0 Å². The van der Waals surface area contributed by atoms with Gasteiger partial charge in [-0.25, -0.2) is 4.79 Å². The maximum atomic E-state index is 13.0. The molecular weight excluding hydrogens is 482 g/mol. The molecule has 1 saturated carbocycles. The number of methoxy groups -OCH3 is 1. The van der Waals surface area contributed by atoms with E-state index in [-0.39, 0.29) is 18.8 Å². The van der Waals surface area contributed by atoms with E-state index in [1.807, 2.05) is 12.1 Å². The molecule has 0 saturated heterocycles. The maximum absolute atomic E-state index is 13.0. The van der Waals surface area contributed by atoms with Gasteiger partial charge in [-0.15, -0.1) is 0 Å².